The van der Waals surface area contributed by atoms with E-state index in [2.05, 4.69) is 24.7 Å². The Hall–Kier alpha value is -1.94. The first-order valence-electron chi connectivity index (χ1n) is 7.80. The summed E-state index contributed by atoms with van der Waals surface area (Å²) in [4.78, 5) is 11.9. The van der Waals surface area contributed by atoms with Crippen molar-refractivity contribution in [3.05, 3.63) is 45.0 Å². The number of halogens is 1. The number of carbonyl (C=O) groups excluding carboxylic acids is 1. The first-order chi connectivity index (χ1) is 11.2. The van der Waals surface area contributed by atoms with Crippen LogP contribution in [0, 0.1) is 6.92 Å². The van der Waals surface area contributed by atoms with Crippen molar-refractivity contribution >= 4 is 17.6 Å². The minimum atomic E-state index is -0.683. The van der Waals surface area contributed by atoms with Crippen LogP contribution in [0.15, 0.2) is 23.3 Å². The highest BCUT2D eigenvalue weighted by Crippen LogP contribution is 2.41. The van der Waals surface area contributed by atoms with Crippen LogP contribution in [0.2, 0.25) is 5.02 Å². The van der Waals surface area contributed by atoms with Crippen LogP contribution in [0.5, 0.6) is 11.5 Å². The molecule has 0 atom stereocenters. The molecule has 5 heteroatoms. The molecule has 0 aliphatic carbocycles. The summed E-state index contributed by atoms with van der Waals surface area (Å²) in [5.74, 6) is -1.17. The lowest BCUT2D eigenvalue weighted by atomic mass is 9.98. The molecule has 0 aliphatic heterocycles. The SMILES string of the molecule is COC(=O)c1c(C)c(Cl)c(O)c(C/C=C(\C)CCC=C(C)C)c1O. The number of aromatic hydroxyl groups is 2. The molecule has 0 heterocycles. The summed E-state index contributed by atoms with van der Waals surface area (Å²) in [5, 5.41) is 20.7. The van der Waals surface area contributed by atoms with Crippen molar-refractivity contribution in [1.82, 2.24) is 0 Å². The van der Waals surface area contributed by atoms with Crippen molar-refractivity contribution < 1.29 is 19.7 Å². The van der Waals surface area contributed by atoms with Crippen LogP contribution in [0.1, 0.15) is 55.1 Å². The van der Waals surface area contributed by atoms with Crippen molar-refractivity contribution in [2.75, 3.05) is 7.11 Å². The van der Waals surface area contributed by atoms with Gasteiger partial charge >= 0.3 is 5.97 Å². The van der Waals surface area contributed by atoms with E-state index < -0.39 is 5.97 Å². The highest BCUT2D eigenvalue weighted by Gasteiger charge is 2.24. The summed E-state index contributed by atoms with van der Waals surface area (Å²) in [6.45, 7) is 7.65. The van der Waals surface area contributed by atoms with Gasteiger partial charge in [-0.1, -0.05) is 34.9 Å². The van der Waals surface area contributed by atoms with Gasteiger partial charge in [0.05, 0.1) is 12.1 Å². The van der Waals surface area contributed by atoms with Crippen LogP contribution >= 0.6 is 11.6 Å². The standard InChI is InChI=1S/C19H25ClO4/c1-11(2)7-6-8-12(3)9-10-14-17(21)15(19(23)24-5)13(4)16(20)18(14)22/h7,9,21-22H,6,8,10H2,1-5H3/b12-9+. The molecule has 4 nitrogen and oxygen atoms in total. The minimum Gasteiger partial charge on any atom is -0.507 e. The normalized spacial score (nSPS) is 11.3. The highest BCUT2D eigenvalue weighted by atomic mass is 35.5. The van der Waals surface area contributed by atoms with Crippen LogP contribution < -0.4 is 0 Å². The number of phenols is 2. The lowest BCUT2D eigenvalue weighted by Gasteiger charge is -2.15. The molecular formula is C19H25ClO4. The van der Waals surface area contributed by atoms with Crippen LogP contribution in [0.25, 0.3) is 0 Å². The molecule has 1 aromatic rings. The van der Waals surface area contributed by atoms with Gasteiger partial charge in [0.25, 0.3) is 0 Å². The van der Waals surface area contributed by atoms with E-state index >= 15 is 0 Å². The van der Waals surface area contributed by atoms with Gasteiger partial charge in [-0.2, -0.15) is 0 Å². The summed E-state index contributed by atoms with van der Waals surface area (Å²) in [7, 11) is 1.23. The largest absolute Gasteiger partial charge is 0.507 e. The van der Waals surface area contributed by atoms with E-state index in [1.807, 2.05) is 13.0 Å². The number of phenolic OH excluding ortho intramolecular Hbond substituents is 2. The molecule has 1 aromatic carbocycles. The number of allylic oxidation sites excluding steroid dienone is 4. The molecule has 0 aromatic heterocycles. The molecule has 0 aliphatic rings. The Morgan fingerprint density at radius 1 is 1.17 bits per heavy atom. The van der Waals surface area contributed by atoms with Gasteiger partial charge in [0.2, 0.25) is 0 Å². The van der Waals surface area contributed by atoms with Crippen LogP contribution in [-0.4, -0.2) is 23.3 Å². The molecule has 0 saturated heterocycles. The fraction of sp³-hybridized carbons (Fsp3) is 0.421. The smallest absolute Gasteiger partial charge is 0.341 e. The van der Waals surface area contributed by atoms with Crippen molar-refractivity contribution in [3.63, 3.8) is 0 Å². The van der Waals surface area contributed by atoms with E-state index in [1.165, 1.54) is 12.7 Å². The number of carbonyl (C=O) groups is 1. The molecule has 0 amide bonds. The second kappa shape index (κ2) is 8.78. The average molecular weight is 353 g/mol. The zero-order valence-electron chi connectivity index (χ0n) is 14.9. The summed E-state index contributed by atoms with van der Waals surface area (Å²) in [6, 6.07) is 0. The van der Waals surface area contributed by atoms with Gasteiger partial charge in [-0.15, -0.1) is 0 Å². The Labute approximate surface area is 148 Å². The lowest BCUT2D eigenvalue weighted by Crippen LogP contribution is -2.07. The predicted molar refractivity (Wildman–Crippen MR) is 97.0 cm³/mol. The van der Waals surface area contributed by atoms with Crippen LogP contribution in [0.3, 0.4) is 0 Å². The second-order valence-electron chi connectivity index (χ2n) is 6.06. The quantitative estimate of drug-likeness (QED) is 0.553. The molecule has 0 unspecified atom stereocenters. The fourth-order valence-electron chi connectivity index (χ4n) is 2.37. The monoisotopic (exact) mass is 352 g/mol. The number of benzene rings is 1. The van der Waals surface area contributed by atoms with E-state index in [9.17, 15) is 15.0 Å². The Morgan fingerprint density at radius 3 is 2.33 bits per heavy atom. The Bertz CT molecular complexity index is 683. The third kappa shape index (κ3) is 4.78. The fourth-order valence-corrected chi connectivity index (χ4v) is 2.58. The third-order valence-corrected chi connectivity index (χ3v) is 4.32. The molecule has 0 bridgehead atoms. The minimum absolute atomic E-state index is 0.00843. The Morgan fingerprint density at radius 2 is 1.79 bits per heavy atom. The number of ether oxygens (including phenoxy) is 1. The summed E-state index contributed by atoms with van der Waals surface area (Å²) in [6.07, 6.45) is 6.17. The molecule has 0 fully saturated rings. The molecule has 0 saturated carbocycles. The van der Waals surface area contributed by atoms with Crippen molar-refractivity contribution in [3.8, 4) is 11.5 Å². The van der Waals surface area contributed by atoms with Crippen molar-refractivity contribution in [2.24, 2.45) is 0 Å². The van der Waals surface area contributed by atoms with Gasteiger partial charge in [0, 0.05) is 5.56 Å². The first kappa shape index (κ1) is 20.1. The molecular weight excluding hydrogens is 328 g/mol. The number of esters is 1. The zero-order valence-corrected chi connectivity index (χ0v) is 15.6. The van der Waals surface area contributed by atoms with Gasteiger partial charge in [0.1, 0.15) is 17.1 Å². The maximum Gasteiger partial charge on any atom is 0.341 e. The zero-order chi connectivity index (χ0) is 18.4. The molecule has 24 heavy (non-hydrogen) atoms. The summed E-state index contributed by atoms with van der Waals surface area (Å²) in [5.41, 5.74) is 2.92. The lowest BCUT2D eigenvalue weighted by molar-refractivity contribution is 0.0596. The number of hydrogen-bond donors (Lipinski definition) is 2. The summed E-state index contributed by atoms with van der Waals surface area (Å²) >= 11 is 6.10. The van der Waals surface area contributed by atoms with Gasteiger partial charge in [-0.05, 0) is 52.5 Å². The van der Waals surface area contributed by atoms with E-state index in [0.717, 1.165) is 18.4 Å². The number of hydrogen-bond acceptors (Lipinski definition) is 4. The Balaban J connectivity index is 3.14. The highest BCUT2D eigenvalue weighted by molar-refractivity contribution is 6.33. The third-order valence-electron chi connectivity index (χ3n) is 3.86. The average Bonchev–Trinajstić information content (AvgIpc) is 2.52. The van der Waals surface area contributed by atoms with Gasteiger partial charge < -0.3 is 14.9 Å². The maximum atomic E-state index is 11.9. The van der Waals surface area contributed by atoms with E-state index in [4.69, 9.17) is 11.6 Å². The molecule has 1 rings (SSSR count). The van der Waals surface area contributed by atoms with Crippen LogP contribution in [-0.2, 0) is 11.2 Å². The van der Waals surface area contributed by atoms with Crippen molar-refractivity contribution in [1.29, 1.82) is 0 Å². The van der Waals surface area contributed by atoms with Gasteiger partial charge in [0.15, 0.2) is 0 Å². The van der Waals surface area contributed by atoms with Gasteiger partial charge in [-0.3, -0.25) is 0 Å². The first-order valence-corrected chi connectivity index (χ1v) is 8.18. The second-order valence-corrected chi connectivity index (χ2v) is 6.43. The summed E-state index contributed by atoms with van der Waals surface area (Å²) < 4.78 is 4.69. The maximum absolute atomic E-state index is 11.9. The number of rotatable bonds is 6. The van der Waals surface area contributed by atoms with Crippen molar-refractivity contribution in [2.45, 2.75) is 47.0 Å². The molecule has 2 N–H and O–H groups in total. The molecule has 0 radical (unpaired) electrons. The Kier molecular flexibility index (Phi) is 7.36. The van der Waals surface area contributed by atoms with E-state index in [-0.39, 0.29) is 34.1 Å². The molecule has 132 valence electrons. The van der Waals surface area contributed by atoms with Crippen LogP contribution in [0.4, 0.5) is 0 Å². The van der Waals surface area contributed by atoms with E-state index in [0.29, 0.717) is 5.56 Å². The molecule has 0 spiro atoms. The van der Waals surface area contributed by atoms with E-state index in [1.54, 1.807) is 6.92 Å². The predicted octanol–water partition coefficient (Wildman–Crippen LogP) is 5.08. The van der Waals surface area contributed by atoms with Gasteiger partial charge in [-0.25, -0.2) is 4.79 Å². The number of methoxy groups -OCH3 is 1. The topological polar surface area (TPSA) is 66.8 Å².